The Morgan fingerprint density at radius 1 is 1.24 bits per heavy atom. The molecule has 0 spiro atoms. The zero-order valence-electron chi connectivity index (χ0n) is 12.4. The van der Waals surface area contributed by atoms with Crippen LogP contribution in [0, 0.1) is 12.7 Å². The molecule has 0 aliphatic heterocycles. The van der Waals surface area contributed by atoms with Gasteiger partial charge in [-0.1, -0.05) is 25.1 Å². The molecular formula is C17H21FN2O. The molecule has 0 amide bonds. The number of rotatable bonds is 6. The smallest absolute Gasteiger partial charge is 0.123 e. The van der Waals surface area contributed by atoms with Gasteiger partial charge in [0.25, 0.3) is 0 Å². The van der Waals surface area contributed by atoms with Gasteiger partial charge >= 0.3 is 0 Å². The highest BCUT2D eigenvalue weighted by molar-refractivity contribution is 5.40. The minimum absolute atomic E-state index is 0.269. The number of benzene rings is 2. The Bertz CT molecular complexity index is 601. The molecular weight excluding hydrogens is 267 g/mol. The number of aryl methyl sites for hydroxylation is 1. The minimum Gasteiger partial charge on any atom is -0.494 e. The lowest BCUT2D eigenvalue weighted by Crippen LogP contribution is -2.29. The summed E-state index contributed by atoms with van der Waals surface area (Å²) in [5, 5.41) is 0. The Morgan fingerprint density at radius 2 is 2.05 bits per heavy atom. The van der Waals surface area contributed by atoms with Crippen molar-refractivity contribution < 1.29 is 9.13 Å². The maximum Gasteiger partial charge on any atom is 0.123 e. The zero-order chi connectivity index (χ0) is 15.2. The fraction of sp³-hybridized carbons (Fsp3) is 0.294. The normalized spacial score (nSPS) is 12.2. The molecule has 2 aromatic rings. The average molecular weight is 288 g/mol. The van der Waals surface area contributed by atoms with Crippen molar-refractivity contribution in [2.75, 3.05) is 6.61 Å². The first-order valence-electron chi connectivity index (χ1n) is 7.10. The van der Waals surface area contributed by atoms with Crippen LogP contribution in [0.5, 0.6) is 5.75 Å². The summed E-state index contributed by atoms with van der Waals surface area (Å²) in [6.45, 7) is 4.67. The first-order valence-corrected chi connectivity index (χ1v) is 7.10. The number of hydrogen-bond acceptors (Lipinski definition) is 3. The van der Waals surface area contributed by atoms with Crippen molar-refractivity contribution in [2.45, 2.75) is 26.3 Å². The molecule has 0 saturated heterocycles. The molecule has 0 heterocycles. The molecule has 1 unspecified atom stereocenters. The first kappa shape index (κ1) is 15.5. The topological polar surface area (TPSA) is 47.3 Å². The molecule has 0 aliphatic rings. The van der Waals surface area contributed by atoms with E-state index in [2.05, 4.69) is 12.3 Å². The lowest BCUT2D eigenvalue weighted by molar-refractivity contribution is 0.317. The third-order valence-electron chi connectivity index (χ3n) is 3.38. The van der Waals surface area contributed by atoms with E-state index >= 15 is 0 Å². The molecule has 0 aromatic heterocycles. The van der Waals surface area contributed by atoms with Crippen molar-refractivity contribution in [3.05, 3.63) is 65.0 Å². The fourth-order valence-corrected chi connectivity index (χ4v) is 2.29. The van der Waals surface area contributed by atoms with Crippen LogP contribution >= 0.6 is 0 Å². The van der Waals surface area contributed by atoms with Gasteiger partial charge < -0.3 is 4.74 Å². The largest absolute Gasteiger partial charge is 0.494 e. The second-order valence-electron chi connectivity index (χ2n) is 5.02. The van der Waals surface area contributed by atoms with E-state index < -0.39 is 0 Å². The monoisotopic (exact) mass is 288 g/mol. The third kappa shape index (κ3) is 3.80. The first-order chi connectivity index (χ1) is 10.2. The lowest BCUT2D eigenvalue weighted by Gasteiger charge is -2.20. The van der Waals surface area contributed by atoms with Crippen LogP contribution in [0.1, 0.15) is 36.1 Å². The van der Waals surface area contributed by atoms with Gasteiger partial charge in [0.15, 0.2) is 0 Å². The summed E-state index contributed by atoms with van der Waals surface area (Å²) in [7, 11) is 0. The van der Waals surface area contributed by atoms with Gasteiger partial charge in [0.05, 0.1) is 12.6 Å². The van der Waals surface area contributed by atoms with Gasteiger partial charge in [-0.15, -0.1) is 0 Å². The van der Waals surface area contributed by atoms with E-state index in [9.17, 15) is 4.39 Å². The van der Waals surface area contributed by atoms with Crippen molar-refractivity contribution in [2.24, 2.45) is 5.84 Å². The van der Waals surface area contributed by atoms with E-state index in [1.54, 1.807) is 6.07 Å². The van der Waals surface area contributed by atoms with E-state index in [-0.39, 0.29) is 11.9 Å². The number of ether oxygens (including phenoxy) is 1. The summed E-state index contributed by atoms with van der Waals surface area (Å²) >= 11 is 0. The fourth-order valence-electron chi connectivity index (χ4n) is 2.29. The van der Waals surface area contributed by atoms with E-state index in [1.807, 2.05) is 31.2 Å². The quantitative estimate of drug-likeness (QED) is 0.632. The Labute approximate surface area is 124 Å². The van der Waals surface area contributed by atoms with E-state index in [0.29, 0.717) is 6.61 Å². The molecule has 0 bridgehead atoms. The minimum atomic E-state index is -0.272. The van der Waals surface area contributed by atoms with Crippen LogP contribution in [0.3, 0.4) is 0 Å². The van der Waals surface area contributed by atoms with Crippen molar-refractivity contribution in [1.82, 2.24) is 5.43 Å². The number of halogens is 1. The summed E-state index contributed by atoms with van der Waals surface area (Å²) in [5.41, 5.74) is 5.52. The van der Waals surface area contributed by atoms with Gasteiger partial charge in [0.1, 0.15) is 11.6 Å². The van der Waals surface area contributed by atoms with Crippen LogP contribution in [0.15, 0.2) is 42.5 Å². The molecule has 1 atom stereocenters. The molecule has 0 fully saturated rings. The SMILES string of the molecule is CCCOc1cccc(C(NN)c2cc(F)ccc2C)c1. The van der Waals surface area contributed by atoms with Crippen LogP contribution in [-0.4, -0.2) is 6.61 Å². The molecule has 0 saturated carbocycles. The van der Waals surface area contributed by atoms with Gasteiger partial charge in [-0.05, 0) is 54.3 Å². The van der Waals surface area contributed by atoms with Gasteiger partial charge in [-0.2, -0.15) is 0 Å². The van der Waals surface area contributed by atoms with Crippen molar-refractivity contribution in [1.29, 1.82) is 0 Å². The molecule has 2 aromatic carbocycles. The zero-order valence-corrected chi connectivity index (χ0v) is 12.4. The number of nitrogens with two attached hydrogens (primary N) is 1. The Kier molecular flexibility index (Phi) is 5.31. The van der Waals surface area contributed by atoms with Crippen LogP contribution in [0.25, 0.3) is 0 Å². The molecule has 2 rings (SSSR count). The highest BCUT2D eigenvalue weighted by Gasteiger charge is 2.16. The van der Waals surface area contributed by atoms with Crippen molar-refractivity contribution >= 4 is 0 Å². The second kappa shape index (κ2) is 7.20. The highest BCUT2D eigenvalue weighted by atomic mass is 19.1. The lowest BCUT2D eigenvalue weighted by atomic mass is 9.95. The molecule has 3 nitrogen and oxygen atoms in total. The van der Waals surface area contributed by atoms with E-state index in [4.69, 9.17) is 10.6 Å². The van der Waals surface area contributed by atoms with E-state index in [0.717, 1.165) is 28.9 Å². The summed E-state index contributed by atoms with van der Waals surface area (Å²) in [6, 6.07) is 12.2. The standard InChI is InChI=1S/C17H21FN2O/c1-3-9-21-15-6-4-5-13(10-15)17(20-19)16-11-14(18)8-7-12(16)2/h4-8,10-11,17,20H,3,9,19H2,1-2H3. The van der Waals surface area contributed by atoms with Gasteiger partial charge in [-0.25, -0.2) is 9.82 Å². The van der Waals surface area contributed by atoms with Crippen molar-refractivity contribution in [3.63, 3.8) is 0 Å². The van der Waals surface area contributed by atoms with Gasteiger partial charge in [0.2, 0.25) is 0 Å². The second-order valence-corrected chi connectivity index (χ2v) is 5.02. The summed E-state index contributed by atoms with van der Waals surface area (Å²) < 4.78 is 19.1. The predicted octanol–water partition coefficient (Wildman–Crippen LogP) is 3.48. The molecule has 21 heavy (non-hydrogen) atoms. The third-order valence-corrected chi connectivity index (χ3v) is 3.38. The Hall–Kier alpha value is -1.91. The van der Waals surface area contributed by atoms with Crippen molar-refractivity contribution in [3.8, 4) is 5.75 Å². The molecule has 4 heteroatoms. The summed E-state index contributed by atoms with van der Waals surface area (Å²) in [4.78, 5) is 0. The molecule has 112 valence electrons. The van der Waals surface area contributed by atoms with Crippen LogP contribution in [0.2, 0.25) is 0 Å². The van der Waals surface area contributed by atoms with Crippen LogP contribution in [-0.2, 0) is 0 Å². The number of hydrazine groups is 1. The predicted molar refractivity (Wildman–Crippen MR) is 82.5 cm³/mol. The van der Waals surface area contributed by atoms with Crippen LogP contribution in [0.4, 0.5) is 4.39 Å². The number of nitrogens with one attached hydrogen (secondary N) is 1. The maximum atomic E-state index is 13.5. The molecule has 0 radical (unpaired) electrons. The maximum absolute atomic E-state index is 13.5. The molecule has 3 N–H and O–H groups in total. The Balaban J connectivity index is 2.34. The van der Waals surface area contributed by atoms with Gasteiger partial charge in [0, 0.05) is 0 Å². The Morgan fingerprint density at radius 3 is 2.76 bits per heavy atom. The average Bonchev–Trinajstić information content (AvgIpc) is 2.50. The number of hydrogen-bond donors (Lipinski definition) is 2. The molecule has 0 aliphatic carbocycles. The van der Waals surface area contributed by atoms with Gasteiger partial charge in [-0.3, -0.25) is 5.84 Å². The highest BCUT2D eigenvalue weighted by Crippen LogP contribution is 2.27. The van der Waals surface area contributed by atoms with Crippen LogP contribution < -0.4 is 16.0 Å². The summed E-state index contributed by atoms with van der Waals surface area (Å²) in [5.74, 6) is 6.22. The summed E-state index contributed by atoms with van der Waals surface area (Å²) in [6.07, 6.45) is 0.950. The van der Waals surface area contributed by atoms with E-state index in [1.165, 1.54) is 12.1 Å².